The van der Waals surface area contributed by atoms with Gasteiger partial charge in [0.2, 0.25) is 0 Å². The first-order chi connectivity index (χ1) is 9.01. The highest BCUT2D eigenvalue weighted by atomic mass is 31.1. The fourth-order valence-electron chi connectivity index (χ4n) is 2.51. The fourth-order valence-corrected chi connectivity index (χ4v) is 3.83. The van der Waals surface area contributed by atoms with Gasteiger partial charge in [-0.25, -0.2) is 0 Å². The van der Waals surface area contributed by atoms with Crippen LogP contribution in [0, 0.1) is 11.8 Å². The van der Waals surface area contributed by atoms with E-state index in [0.29, 0.717) is 5.92 Å². The summed E-state index contributed by atoms with van der Waals surface area (Å²) in [6.07, 6.45) is 13.9. The first-order valence-electron chi connectivity index (χ1n) is 7.75. The van der Waals surface area contributed by atoms with Gasteiger partial charge in [-0.2, -0.15) is 0 Å². The molecule has 0 radical (unpaired) electrons. The van der Waals surface area contributed by atoms with Gasteiger partial charge in [-0.1, -0.05) is 39.5 Å². The number of carboxylic acids is 1. The molecule has 0 amide bonds. The summed E-state index contributed by atoms with van der Waals surface area (Å²) in [7, 11) is -0.105. The average Bonchev–Trinajstić information content (AvgIpc) is 2.35. The van der Waals surface area contributed by atoms with E-state index in [2.05, 4.69) is 26.8 Å². The molecule has 0 aliphatic carbocycles. The van der Waals surface area contributed by atoms with Crippen LogP contribution in [-0.2, 0) is 4.79 Å². The number of unbranched alkanes of at least 4 members (excludes halogenated alkanes) is 3. The number of carboxylic acid groups (broad SMARTS) is 1. The zero-order valence-electron chi connectivity index (χ0n) is 13.0. The predicted molar refractivity (Wildman–Crippen MR) is 87.7 cm³/mol. The average molecular weight is 287 g/mol. The zero-order chi connectivity index (χ0) is 14.7. The lowest BCUT2D eigenvalue weighted by Gasteiger charge is -2.15. The summed E-state index contributed by atoms with van der Waals surface area (Å²) < 4.78 is 0. The SMILES string of the molecule is C=[P+](C)CC(CC)CCC(CCCCCC)C(=O)O. The molecule has 0 rings (SSSR count). The van der Waals surface area contributed by atoms with Crippen molar-refractivity contribution in [1.29, 1.82) is 0 Å². The van der Waals surface area contributed by atoms with Gasteiger partial charge in [-0.15, -0.1) is 0 Å². The van der Waals surface area contributed by atoms with E-state index in [9.17, 15) is 9.90 Å². The molecule has 1 N–H and O–H groups in total. The Morgan fingerprint density at radius 3 is 2.32 bits per heavy atom. The lowest BCUT2D eigenvalue weighted by molar-refractivity contribution is -0.142. The molecule has 2 nitrogen and oxygen atoms in total. The van der Waals surface area contributed by atoms with Crippen LogP contribution in [0.3, 0.4) is 0 Å². The molecule has 0 bridgehead atoms. The molecular weight excluding hydrogens is 255 g/mol. The summed E-state index contributed by atoms with van der Waals surface area (Å²) in [5.41, 5.74) is 0. The van der Waals surface area contributed by atoms with Gasteiger partial charge < -0.3 is 5.11 Å². The second-order valence-electron chi connectivity index (χ2n) is 5.77. The Balaban J connectivity index is 4.04. The summed E-state index contributed by atoms with van der Waals surface area (Å²) in [6, 6.07) is 0. The van der Waals surface area contributed by atoms with E-state index in [-0.39, 0.29) is 13.5 Å². The Bertz CT molecular complexity index is 263. The summed E-state index contributed by atoms with van der Waals surface area (Å²) in [4.78, 5) is 11.3. The van der Waals surface area contributed by atoms with Crippen LogP contribution in [0.5, 0.6) is 0 Å². The standard InChI is InChI=1S/C16H31O2P/c1-5-7-8-9-10-15(16(17)18)12-11-14(6-2)13-19(3)4/h14-15H,3,5-13H2,1-2,4H3/p+1. The van der Waals surface area contributed by atoms with E-state index in [0.717, 1.165) is 32.1 Å². The van der Waals surface area contributed by atoms with Crippen molar-refractivity contribution in [2.24, 2.45) is 11.8 Å². The summed E-state index contributed by atoms with van der Waals surface area (Å²) in [5.74, 6) is -0.0513. The largest absolute Gasteiger partial charge is 0.481 e. The molecule has 0 spiro atoms. The van der Waals surface area contributed by atoms with E-state index in [1.165, 1.54) is 25.4 Å². The number of aliphatic carboxylic acids is 1. The van der Waals surface area contributed by atoms with E-state index in [1.807, 2.05) is 0 Å². The first kappa shape index (κ1) is 18.6. The van der Waals surface area contributed by atoms with Gasteiger partial charge in [0.05, 0.1) is 26.4 Å². The monoisotopic (exact) mass is 287 g/mol. The highest BCUT2D eigenvalue weighted by Crippen LogP contribution is 2.27. The Labute approximate surface area is 120 Å². The summed E-state index contributed by atoms with van der Waals surface area (Å²) in [6.45, 7) is 6.60. The molecule has 3 heteroatoms. The van der Waals surface area contributed by atoms with Crippen molar-refractivity contribution in [3.8, 4) is 0 Å². The molecule has 0 aliphatic rings. The smallest absolute Gasteiger partial charge is 0.306 e. The summed E-state index contributed by atoms with van der Waals surface area (Å²) in [5, 5.41) is 9.29. The Morgan fingerprint density at radius 1 is 1.16 bits per heavy atom. The lowest BCUT2D eigenvalue weighted by atomic mass is 9.91. The van der Waals surface area contributed by atoms with Gasteiger partial charge in [-0.3, -0.25) is 4.79 Å². The van der Waals surface area contributed by atoms with Crippen molar-refractivity contribution in [2.45, 2.75) is 65.2 Å². The van der Waals surface area contributed by atoms with Crippen molar-refractivity contribution >= 4 is 19.8 Å². The molecule has 0 aromatic carbocycles. The minimum absolute atomic E-state index is 0.105. The van der Waals surface area contributed by atoms with Crippen molar-refractivity contribution < 1.29 is 9.90 Å². The maximum Gasteiger partial charge on any atom is 0.306 e. The molecule has 0 aromatic rings. The van der Waals surface area contributed by atoms with Crippen molar-refractivity contribution in [2.75, 3.05) is 12.8 Å². The number of rotatable bonds is 12. The van der Waals surface area contributed by atoms with E-state index >= 15 is 0 Å². The van der Waals surface area contributed by atoms with Crippen LogP contribution < -0.4 is 0 Å². The number of hydrogen-bond acceptors (Lipinski definition) is 1. The van der Waals surface area contributed by atoms with Crippen molar-refractivity contribution in [1.82, 2.24) is 0 Å². The molecule has 19 heavy (non-hydrogen) atoms. The Kier molecular flexibility index (Phi) is 11.2. The van der Waals surface area contributed by atoms with Gasteiger partial charge in [0.15, 0.2) is 0 Å². The minimum Gasteiger partial charge on any atom is -0.481 e. The molecule has 0 aromatic heterocycles. The Hall–Kier alpha value is -0.360. The van der Waals surface area contributed by atoms with Crippen LogP contribution >= 0.6 is 7.55 Å². The topological polar surface area (TPSA) is 37.3 Å². The molecular formula is C16H32O2P+. The first-order valence-corrected chi connectivity index (χ1v) is 9.91. The van der Waals surface area contributed by atoms with E-state index in [1.54, 1.807) is 0 Å². The molecule has 3 atom stereocenters. The van der Waals surface area contributed by atoms with Crippen molar-refractivity contribution in [3.05, 3.63) is 0 Å². The van der Waals surface area contributed by atoms with Crippen molar-refractivity contribution in [3.63, 3.8) is 0 Å². The maximum absolute atomic E-state index is 11.3. The quantitative estimate of drug-likeness (QED) is 0.405. The second kappa shape index (κ2) is 11.5. The Morgan fingerprint density at radius 2 is 1.84 bits per heavy atom. The highest BCUT2D eigenvalue weighted by molar-refractivity contribution is 7.54. The molecule has 0 fully saturated rings. The van der Waals surface area contributed by atoms with Gasteiger partial charge >= 0.3 is 5.97 Å². The van der Waals surface area contributed by atoms with Crippen LogP contribution in [0.2, 0.25) is 0 Å². The molecule has 3 unspecified atom stereocenters. The molecule has 0 saturated heterocycles. The molecule has 0 heterocycles. The van der Waals surface area contributed by atoms with Gasteiger partial charge in [0.25, 0.3) is 0 Å². The van der Waals surface area contributed by atoms with Crippen LogP contribution in [0.25, 0.3) is 0 Å². The molecule has 112 valence electrons. The lowest BCUT2D eigenvalue weighted by Crippen LogP contribution is -2.16. The highest BCUT2D eigenvalue weighted by Gasteiger charge is 2.20. The van der Waals surface area contributed by atoms with Crippen LogP contribution in [0.15, 0.2) is 0 Å². The van der Waals surface area contributed by atoms with Crippen LogP contribution in [0.1, 0.15) is 65.2 Å². The predicted octanol–water partition coefficient (Wildman–Crippen LogP) is 5.01. The normalized spacial score (nSPS) is 15.0. The van der Waals surface area contributed by atoms with Gasteiger partial charge in [-0.05, 0) is 31.6 Å². The fraction of sp³-hybridized carbons (Fsp3) is 0.875. The van der Waals surface area contributed by atoms with Gasteiger partial charge in [0, 0.05) is 0 Å². The van der Waals surface area contributed by atoms with E-state index in [4.69, 9.17) is 0 Å². The van der Waals surface area contributed by atoms with Crippen LogP contribution in [0.4, 0.5) is 0 Å². The third-order valence-electron chi connectivity index (χ3n) is 3.83. The molecule has 0 saturated carbocycles. The van der Waals surface area contributed by atoms with Gasteiger partial charge in [0.1, 0.15) is 6.16 Å². The van der Waals surface area contributed by atoms with E-state index < -0.39 is 5.97 Å². The second-order valence-corrected chi connectivity index (χ2v) is 7.85. The molecule has 0 aliphatic heterocycles. The third kappa shape index (κ3) is 10.1. The number of hydrogen-bond donors (Lipinski definition) is 1. The zero-order valence-corrected chi connectivity index (χ0v) is 13.9. The minimum atomic E-state index is -0.597. The number of carbonyl (C=O) groups is 1. The van der Waals surface area contributed by atoms with Crippen LogP contribution in [-0.4, -0.2) is 30.2 Å². The summed E-state index contributed by atoms with van der Waals surface area (Å²) >= 11 is 0. The third-order valence-corrected chi connectivity index (χ3v) is 4.97. The maximum atomic E-state index is 11.3.